The van der Waals surface area contributed by atoms with E-state index in [1.165, 1.54) is 0 Å². The molecule has 7 nitrogen and oxygen atoms in total. The van der Waals surface area contributed by atoms with Crippen LogP contribution in [0.4, 0.5) is 0 Å². The zero-order valence-electron chi connectivity index (χ0n) is 21.6. The molecule has 7 heteroatoms. The number of ketones is 1. The monoisotopic (exact) mass is 520 g/mol. The third-order valence-electron chi connectivity index (χ3n) is 7.37. The molecule has 1 atom stereocenters. The van der Waals surface area contributed by atoms with E-state index in [1.54, 1.807) is 25.3 Å². The number of aromatic nitrogens is 1. The first-order valence-electron chi connectivity index (χ1n) is 13.1. The second-order valence-corrected chi connectivity index (χ2v) is 10.4. The van der Waals surface area contributed by atoms with Crippen LogP contribution in [-0.4, -0.2) is 40.8 Å². The predicted molar refractivity (Wildman–Crippen MR) is 146 cm³/mol. The van der Waals surface area contributed by atoms with Crippen molar-refractivity contribution in [2.24, 2.45) is 0 Å². The number of hydrogen-bond acceptors (Lipinski definition) is 7. The molecule has 2 aromatic heterocycles. The first kappa shape index (κ1) is 25.1. The van der Waals surface area contributed by atoms with E-state index in [1.807, 2.05) is 48.5 Å². The molecule has 196 valence electrons. The SMILES string of the molecule is CC1(O)CC=C(C(=O)c2ccc(-c3cc4nccc(-c5ccc(OC6CCOCC6)c(C#N)c5)c4o3)cc2)C1. The number of ether oxygens (including phenoxy) is 2. The van der Waals surface area contributed by atoms with Gasteiger partial charge in [0.1, 0.15) is 29.2 Å². The molecule has 0 bridgehead atoms. The Bertz CT molecular complexity index is 1620. The van der Waals surface area contributed by atoms with Crippen molar-refractivity contribution in [1.29, 1.82) is 5.26 Å². The molecule has 39 heavy (non-hydrogen) atoms. The van der Waals surface area contributed by atoms with E-state index in [0.717, 1.165) is 29.5 Å². The lowest BCUT2D eigenvalue weighted by atomic mass is 9.97. The number of carbonyl (C=O) groups is 1. The molecule has 1 aliphatic heterocycles. The quantitative estimate of drug-likeness (QED) is 0.300. The van der Waals surface area contributed by atoms with Crippen LogP contribution in [-0.2, 0) is 4.74 Å². The summed E-state index contributed by atoms with van der Waals surface area (Å²) in [5.41, 5.74) is 4.63. The van der Waals surface area contributed by atoms with Crippen LogP contribution in [0.25, 0.3) is 33.6 Å². The number of carbonyl (C=O) groups excluding carboxylic acids is 1. The topological polar surface area (TPSA) is 106 Å². The Morgan fingerprint density at radius 3 is 2.59 bits per heavy atom. The number of hydrogen-bond donors (Lipinski definition) is 1. The summed E-state index contributed by atoms with van der Waals surface area (Å²) in [4.78, 5) is 17.3. The number of rotatable bonds is 6. The lowest BCUT2D eigenvalue weighted by Gasteiger charge is -2.23. The van der Waals surface area contributed by atoms with Gasteiger partial charge in [-0.1, -0.05) is 36.4 Å². The highest BCUT2D eigenvalue weighted by molar-refractivity contribution is 6.09. The van der Waals surface area contributed by atoms with Gasteiger partial charge in [0.25, 0.3) is 0 Å². The number of benzene rings is 2. The summed E-state index contributed by atoms with van der Waals surface area (Å²) in [5.74, 6) is 1.14. The van der Waals surface area contributed by atoms with E-state index in [0.29, 0.717) is 65.4 Å². The van der Waals surface area contributed by atoms with Crippen LogP contribution in [0, 0.1) is 11.3 Å². The van der Waals surface area contributed by atoms with Crippen molar-refractivity contribution < 1.29 is 23.8 Å². The second-order valence-electron chi connectivity index (χ2n) is 10.4. The number of aliphatic hydroxyl groups is 1. The molecule has 1 N–H and O–H groups in total. The third-order valence-corrected chi connectivity index (χ3v) is 7.37. The van der Waals surface area contributed by atoms with Gasteiger partial charge in [-0.05, 0) is 42.7 Å². The summed E-state index contributed by atoms with van der Waals surface area (Å²) in [6, 6.07) is 18.9. The highest BCUT2D eigenvalue weighted by Gasteiger charge is 2.30. The molecule has 0 amide bonds. The van der Waals surface area contributed by atoms with Gasteiger partial charge in [0.05, 0.1) is 24.4 Å². The van der Waals surface area contributed by atoms with Crippen molar-refractivity contribution in [3.05, 3.63) is 83.6 Å². The summed E-state index contributed by atoms with van der Waals surface area (Å²) < 4.78 is 17.8. The summed E-state index contributed by atoms with van der Waals surface area (Å²) in [7, 11) is 0. The standard InChI is InChI=1S/C32H28N2O5/c1-32(36)12-8-23(18-32)30(35)21-4-2-20(3-5-21)29-17-27-31(39-29)26(9-13-34-27)22-6-7-28(24(16-22)19-33)38-25-10-14-37-15-11-25/h2-9,13,16-17,25,36H,10-12,14-15,18H2,1H3. The Labute approximate surface area is 226 Å². The van der Waals surface area contributed by atoms with Crippen LogP contribution < -0.4 is 4.74 Å². The fourth-order valence-electron chi connectivity index (χ4n) is 5.21. The number of Topliss-reactive ketones (excluding diaryl/α,β-unsaturated/α-hetero) is 1. The van der Waals surface area contributed by atoms with Crippen LogP contribution >= 0.6 is 0 Å². The average Bonchev–Trinajstić information content (AvgIpc) is 3.56. The van der Waals surface area contributed by atoms with Crippen LogP contribution in [0.15, 0.2) is 76.9 Å². The largest absolute Gasteiger partial charge is 0.489 e. The van der Waals surface area contributed by atoms with Crippen molar-refractivity contribution in [2.75, 3.05) is 13.2 Å². The highest BCUT2D eigenvalue weighted by atomic mass is 16.5. The van der Waals surface area contributed by atoms with E-state index >= 15 is 0 Å². The normalized spacial score (nSPS) is 19.6. The minimum atomic E-state index is -0.851. The summed E-state index contributed by atoms with van der Waals surface area (Å²) in [5, 5.41) is 20.0. The number of furan rings is 1. The third kappa shape index (κ3) is 5.09. The Morgan fingerprint density at radius 2 is 1.87 bits per heavy atom. The molecule has 0 spiro atoms. The number of nitrogens with zero attached hydrogens (tertiary/aromatic N) is 2. The number of fused-ring (bicyclic) bond motifs is 1. The molecule has 1 fully saturated rings. The minimum Gasteiger partial charge on any atom is -0.489 e. The molecule has 1 unspecified atom stereocenters. The van der Waals surface area contributed by atoms with Gasteiger partial charge in [0.15, 0.2) is 11.4 Å². The van der Waals surface area contributed by atoms with Crippen molar-refractivity contribution in [2.45, 2.75) is 44.3 Å². The van der Waals surface area contributed by atoms with Gasteiger partial charge in [0, 0.05) is 48.2 Å². The Morgan fingerprint density at radius 1 is 1.10 bits per heavy atom. The fourth-order valence-corrected chi connectivity index (χ4v) is 5.21. The van der Waals surface area contributed by atoms with Crippen LogP contribution in [0.5, 0.6) is 5.75 Å². The van der Waals surface area contributed by atoms with Crippen molar-refractivity contribution in [3.8, 4) is 34.3 Å². The van der Waals surface area contributed by atoms with Crippen LogP contribution in [0.2, 0.25) is 0 Å². The predicted octanol–water partition coefficient (Wildman–Crippen LogP) is 6.25. The van der Waals surface area contributed by atoms with Gasteiger partial charge in [-0.15, -0.1) is 0 Å². The molecule has 6 rings (SSSR count). The van der Waals surface area contributed by atoms with Crippen LogP contribution in [0.3, 0.4) is 0 Å². The average molecular weight is 521 g/mol. The van der Waals surface area contributed by atoms with E-state index in [9.17, 15) is 15.2 Å². The molecule has 3 heterocycles. The molecule has 1 saturated heterocycles. The highest BCUT2D eigenvalue weighted by Crippen LogP contribution is 2.36. The Kier molecular flexibility index (Phi) is 6.51. The van der Waals surface area contributed by atoms with Gasteiger partial charge >= 0.3 is 0 Å². The molecule has 1 aliphatic carbocycles. The molecule has 4 aromatic rings. The Balaban J connectivity index is 1.27. The smallest absolute Gasteiger partial charge is 0.188 e. The van der Waals surface area contributed by atoms with Gasteiger partial charge in [-0.2, -0.15) is 5.26 Å². The van der Waals surface area contributed by atoms with E-state index in [4.69, 9.17) is 13.9 Å². The van der Waals surface area contributed by atoms with Crippen molar-refractivity contribution >= 4 is 16.9 Å². The molecular formula is C32H28N2O5. The minimum absolute atomic E-state index is 0.0448. The number of nitriles is 1. The zero-order valence-corrected chi connectivity index (χ0v) is 21.6. The lowest BCUT2D eigenvalue weighted by molar-refractivity contribution is 0.0254. The molecule has 2 aliphatic rings. The molecular weight excluding hydrogens is 492 g/mol. The van der Waals surface area contributed by atoms with Crippen molar-refractivity contribution in [1.82, 2.24) is 4.98 Å². The number of pyridine rings is 1. The lowest BCUT2D eigenvalue weighted by Crippen LogP contribution is -2.26. The van der Waals surface area contributed by atoms with Gasteiger partial charge < -0.3 is 19.0 Å². The van der Waals surface area contributed by atoms with Crippen molar-refractivity contribution in [3.63, 3.8) is 0 Å². The van der Waals surface area contributed by atoms with E-state index in [2.05, 4.69) is 11.1 Å². The molecule has 2 aromatic carbocycles. The molecule has 0 saturated carbocycles. The summed E-state index contributed by atoms with van der Waals surface area (Å²) >= 11 is 0. The molecule has 0 radical (unpaired) electrons. The first-order chi connectivity index (χ1) is 18.9. The van der Waals surface area contributed by atoms with E-state index < -0.39 is 5.60 Å². The van der Waals surface area contributed by atoms with Gasteiger partial charge in [-0.3, -0.25) is 9.78 Å². The maximum atomic E-state index is 12.9. The summed E-state index contributed by atoms with van der Waals surface area (Å²) in [6.45, 7) is 3.08. The summed E-state index contributed by atoms with van der Waals surface area (Å²) in [6.07, 6.45) is 6.06. The second kappa shape index (κ2) is 10.1. The first-order valence-corrected chi connectivity index (χ1v) is 13.1. The zero-order chi connectivity index (χ0) is 27.0. The maximum Gasteiger partial charge on any atom is 0.188 e. The maximum absolute atomic E-state index is 12.9. The van der Waals surface area contributed by atoms with Crippen LogP contribution in [0.1, 0.15) is 48.5 Å². The fraction of sp³-hybridized carbons (Fsp3) is 0.281. The van der Waals surface area contributed by atoms with Gasteiger partial charge in [0.2, 0.25) is 0 Å². The van der Waals surface area contributed by atoms with Gasteiger partial charge in [-0.25, -0.2) is 0 Å². The Hall–Kier alpha value is -4.25. The van der Waals surface area contributed by atoms with E-state index in [-0.39, 0.29) is 11.9 Å².